The summed E-state index contributed by atoms with van der Waals surface area (Å²) in [6, 6.07) is 23.3. The van der Waals surface area contributed by atoms with Crippen molar-refractivity contribution in [3.63, 3.8) is 0 Å². The molecule has 0 N–H and O–H groups in total. The van der Waals surface area contributed by atoms with E-state index < -0.39 is 24.3 Å². The van der Waals surface area contributed by atoms with Gasteiger partial charge in [-0.05, 0) is 0 Å². The van der Waals surface area contributed by atoms with E-state index in [-0.39, 0.29) is 37.2 Å². The summed E-state index contributed by atoms with van der Waals surface area (Å²) in [4.78, 5) is 0. The molecule has 3 aromatic carbocycles. The normalized spacial score (nSPS) is 14.6. The molecule has 44 heavy (non-hydrogen) atoms. The van der Waals surface area contributed by atoms with E-state index in [2.05, 4.69) is 124 Å². The zero-order valence-corrected chi connectivity index (χ0v) is 33.8. The maximum atomic E-state index is 2.64. The number of halogens is 3. The van der Waals surface area contributed by atoms with Crippen molar-refractivity contribution in [1.82, 2.24) is 0 Å². The number of aryl methyl sites for hydroxylation is 6. The van der Waals surface area contributed by atoms with Gasteiger partial charge in [-0.15, -0.1) is 37.2 Å². The van der Waals surface area contributed by atoms with Crippen LogP contribution in [0.5, 0.6) is 0 Å². The Labute approximate surface area is 297 Å². The topological polar surface area (TPSA) is 0 Å². The molecule has 1 atom stereocenters. The molecule has 0 aromatic heterocycles. The maximum absolute atomic E-state index is 2.64. The predicted octanol–water partition coefficient (Wildman–Crippen LogP) is 9.64. The second-order valence-electron chi connectivity index (χ2n) is 12.2. The van der Waals surface area contributed by atoms with E-state index in [4.69, 9.17) is 0 Å². The third-order valence-corrected chi connectivity index (χ3v) is 22.3. The van der Waals surface area contributed by atoms with Crippen molar-refractivity contribution >= 4 is 58.7 Å². The second-order valence-corrected chi connectivity index (χ2v) is 21.2. The van der Waals surface area contributed by atoms with E-state index in [9.17, 15) is 0 Å². The van der Waals surface area contributed by atoms with Crippen molar-refractivity contribution < 1.29 is 18.4 Å². The van der Waals surface area contributed by atoms with Gasteiger partial charge in [-0.1, -0.05) is 0 Å². The molecule has 5 heteroatoms. The number of allylic oxidation sites excluding steroid dienone is 4. The van der Waals surface area contributed by atoms with Gasteiger partial charge < -0.3 is 0 Å². The molecule has 0 amide bonds. The fourth-order valence-corrected chi connectivity index (χ4v) is 19.8. The van der Waals surface area contributed by atoms with E-state index in [1.54, 1.807) is 36.2 Å². The average molecular weight is 706 g/mol. The van der Waals surface area contributed by atoms with Gasteiger partial charge in [0.1, 0.15) is 0 Å². The van der Waals surface area contributed by atoms with Crippen LogP contribution in [0.1, 0.15) is 103 Å². The van der Waals surface area contributed by atoms with E-state index in [1.165, 1.54) is 33.4 Å². The fourth-order valence-electron chi connectivity index (χ4n) is 6.65. The van der Waals surface area contributed by atoms with Gasteiger partial charge in [-0.3, -0.25) is 0 Å². The summed E-state index contributed by atoms with van der Waals surface area (Å²) in [5.74, 6) is -1.82. The monoisotopic (exact) mass is 704 g/mol. The third-order valence-electron chi connectivity index (χ3n) is 9.87. The van der Waals surface area contributed by atoms with Gasteiger partial charge in [0, 0.05) is 0 Å². The molecule has 0 fully saturated rings. The molecule has 0 spiro atoms. The Hall–Kier alpha value is -1.06. The Balaban J connectivity index is 0.00000323. The summed E-state index contributed by atoms with van der Waals surface area (Å²) in [5.41, 5.74) is 13.8. The molecule has 0 radical (unpaired) electrons. The van der Waals surface area contributed by atoms with Crippen LogP contribution in [0.3, 0.4) is 0 Å². The van der Waals surface area contributed by atoms with E-state index in [0.717, 1.165) is 38.5 Å². The van der Waals surface area contributed by atoms with Crippen LogP contribution in [0.2, 0.25) is 0 Å². The molecular formula is C39H55Cl3SiTi. The predicted molar refractivity (Wildman–Crippen MR) is 202 cm³/mol. The molecule has 1 aliphatic rings. The van der Waals surface area contributed by atoms with Gasteiger partial charge in [-0.2, -0.15) is 0 Å². The largest absolute Gasteiger partial charge is 0.147 e. The van der Waals surface area contributed by atoms with Gasteiger partial charge in [0.25, 0.3) is 0 Å². The van der Waals surface area contributed by atoms with Gasteiger partial charge in [0.2, 0.25) is 0 Å². The number of hydrogen-bond acceptors (Lipinski definition) is 0. The number of benzene rings is 3. The minimum Gasteiger partial charge on any atom is -0.147 e. The van der Waals surface area contributed by atoms with Gasteiger partial charge >= 0.3 is 262 Å². The Morgan fingerprint density at radius 1 is 0.477 bits per heavy atom. The zero-order valence-electron chi connectivity index (χ0n) is 28.7. The summed E-state index contributed by atoms with van der Waals surface area (Å²) in [6.07, 6.45) is 6.55. The molecule has 0 saturated heterocycles. The van der Waals surface area contributed by atoms with Crippen LogP contribution in [0, 0.1) is 5.92 Å². The Morgan fingerprint density at radius 3 is 0.955 bits per heavy atom. The van der Waals surface area contributed by atoms with Crippen LogP contribution in [0.15, 0.2) is 75.2 Å². The fraction of sp³-hybridized carbons (Fsp3) is 0.436. The third kappa shape index (κ3) is 8.07. The van der Waals surface area contributed by atoms with E-state index >= 15 is 0 Å². The van der Waals surface area contributed by atoms with Crippen LogP contribution in [-0.4, -0.2) is 5.94 Å². The Morgan fingerprint density at radius 2 is 0.750 bits per heavy atom. The molecule has 0 bridgehead atoms. The second kappa shape index (κ2) is 17.7. The molecule has 0 saturated carbocycles. The van der Waals surface area contributed by atoms with Crippen LogP contribution in [0.4, 0.5) is 0 Å². The van der Waals surface area contributed by atoms with Crippen molar-refractivity contribution in [1.29, 1.82) is 0 Å². The van der Waals surface area contributed by atoms with Crippen LogP contribution in [-0.2, 0) is 56.9 Å². The maximum Gasteiger partial charge on any atom is -0.147 e. The zero-order chi connectivity index (χ0) is 29.9. The van der Waals surface area contributed by atoms with Crippen molar-refractivity contribution in [3.05, 3.63) is 109 Å². The first-order valence-electron chi connectivity index (χ1n) is 16.2. The molecule has 0 nitrogen and oxygen atoms in total. The van der Waals surface area contributed by atoms with Crippen LogP contribution >= 0.6 is 37.2 Å². The molecule has 240 valence electrons. The van der Waals surface area contributed by atoms with Crippen molar-refractivity contribution in [2.45, 2.75) is 108 Å². The summed E-state index contributed by atoms with van der Waals surface area (Å²) in [5, 5.41) is 4.98. The van der Waals surface area contributed by atoms with E-state index in [1.807, 2.05) is 0 Å². The van der Waals surface area contributed by atoms with Crippen LogP contribution in [0.25, 0.3) is 0 Å². The van der Waals surface area contributed by atoms with Crippen molar-refractivity contribution in [2.75, 3.05) is 0 Å². The molecular weight excluding hydrogens is 651 g/mol. The Kier molecular flexibility index (Phi) is 16.5. The standard InChI is InChI=1S/C30H39Si.C9H13.3ClH.Ti/c1-7-22-13-23(8-2)17-28(16-22)31(29-18-24(9-3)14-25(10-4)19-29)30-20-26(11-5)15-27(12-6)21-30;1-6-5-7(2)9(4)8(6)3;;;;/h13-21H,7-12H2,1-6H3;6H,1-4H3;3*1H;. The van der Waals surface area contributed by atoms with E-state index in [0.29, 0.717) is 5.92 Å². The van der Waals surface area contributed by atoms with Gasteiger partial charge in [0.15, 0.2) is 0 Å². The molecule has 3 aromatic rings. The summed E-state index contributed by atoms with van der Waals surface area (Å²) in [7, 11) is 0. The van der Waals surface area contributed by atoms with Gasteiger partial charge in [-0.25, -0.2) is 0 Å². The van der Waals surface area contributed by atoms with Gasteiger partial charge in [0.05, 0.1) is 0 Å². The molecule has 0 aliphatic heterocycles. The molecule has 4 rings (SSSR count). The number of hydrogen-bond donors (Lipinski definition) is 0. The van der Waals surface area contributed by atoms with Crippen molar-refractivity contribution in [2.24, 2.45) is 5.92 Å². The minimum atomic E-state index is -2.38. The molecule has 1 aliphatic carbocycles. The van der Waals surface area contributed by atoms with Crippen molar-refractivity contribution in [3.8, 4) is 0 Å². The minimum absolute atomic E-state index is 0. The quantitative estimate of drug-likeness (QED) is 0.138. The summed E-state index contributed by atoms with van der Waals surface area (Å²) in [6.45, 7) is 23.7. The first-order valence-corrected chi connectivity index (χ1v) is 21.3. The first-order chi connectivity index (χ1) is 19.6. The smallest absolute Gasteiger partial charge is 0.147 e. The van der Waals surface area contributed by atoms with Crippen LogP contribution < -0.4 is 15.6 Å². The number of rotatable bonds is 11. The summed E-state index contributed by atoms with van der Waals surface area (Å²) < 4.78 is 1.80. The Bertz CT molecular complexity index is 1290. The first kappa shape index (κ1) is 41.0. The molecule has 0 heterocycles. The summed E-state index contributed by atoms with van der Waals surface area (Å²) >= 11 is -0.536. The SMILES string of the molecule is CCc1cc(CC)cc([Si]([Ti][C]2=C(C)C(C)=C(C)C2C)(c2cc(CC)cc(CC)c2)c2cc(CC)cc(CC)c2)c1.Cl.Cl.Cl. The molecule has 1 unspecified atom stereocenters. The average Bonchev–Trinajstić information content (AvgIpc) is 3.19.